The number of hydroxylamine groups is 2. The highest BCUT2D eigenvalue weighted by Gasteiger charge is 2.73. The summed E-state index contributed by atoms with van der Waals surface area (Å²) in [5.74, 6) is -0.822. The summed E-state index contributed by atoms with van der Waals surface area (Å²) in [5, 5.41) is 3.65. The number of nitrogens with one attached hydrogen (secondary N) is 1. The minimum Gasteiger partial charge on any atom is -0.326 e. The fourth-order valence-corrected chi connectivity index (χ4v) is 4.78. The van der Waals surface area contributed by atoms with E-state index in [4.69, 9.17) is 4.84 Å². The Morgan fingerprint density at radius 2 is 1.62 bits per heavy atom. The van der Waals surface area contributed by atoms with E-state index in [1.165, 1.54) is 4.90 Å². The molecule has 140 valence electrons. The van der Waals surface area contributed by atoms with Gasteiger partial charge < -0.3 is 9.74 Å². The van der Waals surface area contributed by atoms with Crippen LogP contribution < -0.4 is 5.18 Å². The van der Waals surface area contributed by atoms with Gasteiger partial charge in [0.25, 0.3) is 0 Å². The van der Waals surface area contributed by atoms with E-state index >= 15 is 0 Å². The minimum atomic E-state index is -1.87. The van der Waals surface area contributed by atoms with Crippen molar-refractivity contribution in [2.45, 2.75) is 44.7 Å². The second-order valence-corrected chi connectivity index (χ2v) is 7.46. The summed E-state index contributed by atoms with van der Waals surface area (Å²) < 4.78 is 0. The number of Topliss-reactive ketones (excluding diaryl/α,β-unsaturated/α-hetero) is 1. The lowest BCUT2D eigenvalue weighted by Crippen LogP contribution is -2.85. The first kappa shape index (κ1) is 18.7. The maximum absolute atomic E-state index is 13.7. The van der Waals surface area contributed by atoms with Crippen molar-refractivity contribution < 1.29 is 19.6 Å². The van der Waals surface area contributed by atoms with Gasteiger partial charge in [-0.25, -0.2) is 0 Å². The van der Waals surface area contributed by atoms with Crippen LogP contribution >= 0.6 is 0 Å². The molecule has 7 nitrogen and oxygen atoms in total. The molecule has 26 heavy (non-hydrogen) atoms. The molecular formula is C19H26N3O4+. The Kier molecular flexibility index (Phi) is 4.48. The molecule has 0 saturated carbocycles. The van der Waals surface area contributed by atoms with E-state index in [2.05, 4.69) is 0 Å². The van der Waals surface area contributed by atoms with Crippen molar-refractivity contribution in [1.29, 1.82) is 0 Å². The predicted molar refractivity (Wildman–Crippen MR) is 95.0 cm³/mol. The highest BCUT2D eigenvalue weighted by Crippen LogP contribution is 2.44. The lowest BCUT2D eigenvalue weighted by Gasteiger charge is -2.40. The summed E-state index contributed by atoms with van der Waals surface area (Å²) >= 11 is 0. The molecular weight excluding hydrogens is 334 g/mol. The molecule has 1 aromatic rings. The first-order valence-corrected chi connectivity index (χ1v) is 8.84. The van der Waals surface area contributed by atoms with Crippen LogP contribution in [0.25, 0.3) is 0 Å². The lowest BCUT2D eigenvalue weighted by molar-refractivity contribution is -0.546. The van der Waals surface area contributed by atoms with Crippen LogP contribution in [0.2, 0.25) is 0 Å². The third-order valence-electron chi connectivity index (χ3n) is 6.04. The van der Waals surface area contributed by atoms with Gasteiger partial charge in [-0.3, -0.25) is 9.59 Å². The summed E-state index contributed by atoms with van der Waals surface area (Å²) in [4.78, 5) is 45.9. The summed E-state index contributed by atoms with van der Waals surface area (Å²) in [5.41, 5.74) is 0.212. The molecule has 1 N–H and O–H groups in total. The number of ketones is 1. The van der Waals surface area contributed by atoms with Crippen LogP contribution in [0.5, 0.6) is 0 Å². The van der Waals surface area contributed by atoms with Crippen LogP contribution in [0.3, 0.4) is 0 Å². The number of rotatable bonds is 3. The molecule has 1 aromatic carbocycles. The molecule has 1 atom stereocenters. The van der Waals surface area contributed by atoms with E-state index in [0.29, 0.717) is 31.5 Å². The lowest BCUT2D eigenvalue weighted by atomic mass is 9.74. The third-order valence-corrected chi connectivity index (χ3v) is 6.04. The first-order chi connectivity index (χ1) is 12.2. The fourth-order valence-electron chi connectivity index (χ4n) is 4.78. The number of hydrogen-bond acceptors (Lipinski definition) is 5. The number of aryl methyl sites for hydroxylation is 3. The van der Waals surface area contributed by atoms with Gasteiger partial charge in [0.1, 0.15) is 5.54 Å². The average molecular weight is 360 g/mol. The van der Waals surface area contributed by atoms with Gasteiger partial charge in [0.05, 0.1) is 12.7 Å². The van der Waals surface area contributed by atoms with Crippen molar-refractivity contribution >= 4 is 11.7 Å². The molecule has 1 unspecified atom stereocenters. The number of likely N-dealkylation sites (tertiary alicyclic amines) is 1. The van der Waals surface area contributed by atoms with Crippen molar-refractivity contribution in [3.05, 3.63) is 39.3 Å². The first-order valence-electron chi connectivity index (χ1n) is 8.84. The van der Waals surface area contributed by atoms with E-state index in [1.54, 1.807) is 19.2 Å². The quantitative estimate of drug-likeness (QED) is 0.773. The van der Waals surface area contributed by atoms with Crippen molar-refractivity contribution in [2.24, 2.45) is 0 Å². The molecule has 0 aromatic heterocycles. The predicted octanol–water partition coefficient (Wildman–Crippen LogP) is 0.0913. The number of carbonyl (C=O) groups excluding carboxylic acids is 2. The zero-order chi connectivity index (χ0) is 19.3. The number of carbonyl (C=O) groups is 2. The summed E-state index contributed by atoms with van der Waals surface area (Å²) in [6.45, 7) is 6.69. The monoisotopic (exact) mass is 360 g/mol. The Morgan fingerprint density at radius 1 is 1.08 bits per heavy atom. The normalized spacial score (nSPS) is 26.0. The van der Waals surface area contributed by atoms with Crippen LogP contribution in [-0.2, 0) is 20.0 Å². The highest BCUT2D eigenvalue weighted by molar-refractivity contribution is 6.19. The van der Waals surface area contributed by atoms with E-state index < -0.39 is 17.0 Å². The summed E-state index contributed by atoms with van der Waals surface area (Å²) in [6.07, 6.45) is 0.880. The molecule has 2 saturated heterocycles. The van der Waals surface area contributed by atoms with Gasteiger partial charge in [0.2, 0.25) is 5.78 Å². The average Bonchev–Trinajstić information content (AvgIpc) is 2.76. The molecule has 2 aliphatic heterocycles. The minimum absolute atomic E-state index is 0.349. The molecule has 2 heterocycles. The van der Waals surface area contributed by atoms with Gasteiger partial charge in [-0.15, -0.1) is 0 Å². The summed E-state index contributed by atoms with van der Waals surface area (Å²) in [7, 11) is 3.21. The Balaban J connectivity index is 2.16. The van der Waals surface area contributed by atoms with Crippen molar-refractivity contribution in [1.82, 2.24) is 9.96 Å². The van der Waals surface area contributed by atoms with Gasteiger partial charge in [0, 0.05) is 30.2 Å². The van der Waals surface area contributed by atoms with Crippen LogP contribution in [0, 0.1) is 25.7 Å². The second-order valence-electron chi connectivity index (χ2n) is 7.46. The fraction of sp³-hybridized carbons (Fsp3) is 0.579. The standard InChI is InChI=1S/C19H25N3O4/c1-12-10-13(2)15(14(3)11-12)19(20-25)16(23)18(21(4)17(19)24)6-8-22(26-5)9-7-18/h10-11H,6-9H2,1-5H3/p+1. The van der Waals surface area contributed by atoms with E-state index in [9.17, 15) is 14.5 Å². The SMILES string of the molecule is CON1CCC2(CC1)C(=O)C([NH+]=O)(c1c(C)cc(C)cc1C)C(=O)N2C. The van der Waals surface area contributed by atoms with Crippen LogP contribution in [0.1, 0.15) is 35.1 Å². The number of likely N-dealkylation sites (N-methyl/N-ethyl adjacent to an activating group) is 1. The molecule has 0 radical (unpaired) electrons. The summed E-state index contributed by atoms with van der Waals surface area (Å²) in [6, 6.07) is 3.81. The Labute approximate surface area is 153 Å². The molecule has 3 rings (SSSR count). The number of piperidine rings is 1. The highest BCUT2D eigenvalue weighted by atomic mass is 16.7. The molecule has 1 spiro atoms. The largest absolute Gasteiger partial charge is 0.369 e. The van der Waals surface area contributed by atoms with Gasteiger partial charge in [0.15, 0.2) is 0 Å². The number of benzene rings is 1. The van der Waals surface area contributed by atoms with Crippen LogP contribution in [0.4, 0.5) is 0 Å². The number of amides is 1. The maximum atomic E-state index is 13.7. The van der Waals surface area contributed by atoms with Gasteiger partial charge in [-0.1, -0.05) is 17.7 Å². The van der Waals surface area contributed by atoms with Crippen LogP contribution in [-0.4, -0.2) is 54.4 Å². The smallest absolute Gasteiger partial charge is 0.326 e. The molecule has 0 aliphatic carbocycles. The molecule has 2 fully saturated rings. The van der Waals surface area contributed by atoms with E-state index in [1.807, 2.05) is 38.1 Å². The molecule has 7 heteroatoms. The van der Waals surface area contributed by atoms with Crippen molar-refractivity contribution in [3.63, 3.8) is 0 Å². The van der Waals surface area contributed by atoms with Crippen molar-refractivity contribution in [3.8, 4) is 0 Å². The van der Waals surface area contributed by atoms with Crippen molar-refractivity contribution in [2.75, 3.05) is 27.2 Å². The van der Waals surface area contributed by atoms with Gasteiger partial charge in [-0.05, 0) is 44.7 Å². The Bertz CT molecular complexity index is 760. The number of nitroso groups, excluding NO2 is 1. The maximum Gasteiger partial charge on any atom is 0.369 e. The van der Waals surface area contributed by atoms with Crippen LogP contribution in [0.15, 0.2) is 12.1 Å². The molecule has 0 bridgehead atoms. The van der Waals surface area contributed by atoms with Gasteiger partial charge in [-0.2, -0.15) is 5.06 Å². The molecule has 2 aliphatic rings. The van der Waals surface area contributed by atoms with E-state index in [0.717, 1.165) is 16.7 Å². The zero-order valence-corrected chi connectivity index (χ0v) is 16.0. The second kappa shape index (κ2) is 6.25. The third kappa shape index (κ3) is 2.27. The van der Waals surface area contributed by atoms with Gasteiger partial charge >= 0.3 is 11.4 Å². The number of hydrogen-bond donors (Lipinski definition) is 1. The number of nitrogens with zero attached hydrogens (tertiary/aromatic N) is 2. The van der Waals surface area contributed by atoms with E-state index in [-0.39, 0.29) is 5.78 Å². The zero-order valence-electron chi connectivity index (χ0n) is 16.0. The Morgan fingerprint density at radius 3 is 2.08 bits per heavy atom. The Hall–Kier alpha value is -2.12. The topological polar surface area (TPSA) is 80.9 Å². The molecule has 1 amide bonds.